The van der Waals surface area contributed by atoms with Gasteiger partial charge in [-0.2, -0.15) is 0 Å². The van der Waals surface area contributed by atoms with Crippen LogP contribution in [0, 0.1) is 29.6 Å². The number of hydrogen-bond acceptors (Lipinski definition) is 3. The summed E-state index contributed by atoms with van der Waals surface area (Å²) in [6.45, 7) is 8.03. The van der Waals surface area contributed by atoms with Crippen molar-refractivity contribution in [3.05, 3.63) is 12.2 Å². The predicted octanol–water partition coefficient (Wildman–Crippen LogP) is 5.13. The van der Waals surface area contributed by atoms with Crippen LogP contribution in [0.3, 0.4) is 0 Å². The second-order valence-electron chi connectivity index (χ2n) is 8.57. The normalized spacial score (nSPS) is 31.3. The number of aliphatic hydroxyl groups is 1. The summed E-state index contributed by atoms with van der Waals surface area (Å²) in [4.78, 5) is 11.6. The van der Waals surface area contributed by atoms with Gasteiger partial charge in [0, 0.05) is 18.1 Å². The molecule has 0 aromatic carbocycles. The van der Waals surface area contributed by atoms with Gasteiger partial charge in [0.15, 0.2) is 0 Å². The minimum absolute atomic E-state index is 0.0875. The molecule has 1 atom stereocenters. The van der Waals surface area contributed by atoms with Crippen LogP contribution in [-0.4, -0.2) is 24.3 Å². The second-order valence-corrected chi connectivity index (χ2v) is 8.57. The third kappa shape index (κ3) is 6.13. The summed E-state index contributed by atoms with van der Waals surface area (Å²) in [7, 11) is 0. The number of aliphatic hydroxyl groups excluding tert-OH is 1. The SMILES string of the molecule is C=C(C)C(=O)OCC(CO)C1CCC(C2CCC(CCC)CC2)CC1. The van der Waals surface area contributed by atoms with Crippen LogP contribution in [0.1, 0.15) is 78.1 Å². The van der Waals surface area contributed by atoms with Gasteiger partial charge in [0.1, 0.15) is 0 Å². The van der Waals surface area contributed by atoms with Crippen LogP contribution >= 0.6 is 0 Å². The quantitative estimate of drug-likeness (QED) is 0.488. The van der Waals surface area contributed by atoms with Crippen LogP contribution in [0.2, 0.25) is 0 Å². The highest BCUT2D eigenvalue weighted by atomic mass is 16.5. The van der Waals surface area contributed by atoms with E-state index in [2.05, 4.69) is 13.5 Å². The van der Waals surface area contributed by atoms with E-state index in [9.17, 15) is 9.90 Å². The van der Waals surface area contributed by atoms with E-state index in [4.69, 9.17) is 4.74 Å². The second kappa shape index (κ2) is 10.4. The number of carbonyl (C=O) groups excluding carboxylic acids is 1. The fourth-order valence-electron chi connectivity index (χ4n) is 5.09. The van der Waals surface area contributed by atoms with Crippen LogP contribution < -0.4 is 0 Å². The molecule has 0 bridgehead atoms. The highest BCUT2D eigenvalue weighted by Gasteiger charge is 2.33. The Morgan fingerprint density at radius 2 is 1.64 bits per heavy atom. The van der Waals surface area contributed by atoms with Crippen molar-refractivity contribution in [3.8, 4) is 0 Å². The lowest BCUT2D eigenvalue weighted by Gasteiger charge is -2.39. The first-order chi connectivity index (χ1) is 12.0. The molecule has 0 spiro atoms. The number of esters is 1. The van der Waals surface area contributed by atoms with Gasteiger partial charge >= 0.3 is 5.97 Å². The van der Waals surface area contributed by atoms with Crippen LogP contribution in [0.15, 0.2) is 12.2 Å². The Hall–Kier alpha value is -0.830. The molecule has 0 radical (unpaired) electrons. The predicted molar refractivity (Wildman–Crippen MR) is 102 cm³/mol. The Labute approximate surface area is 154 Å². The van der Waals surface area contributed by atoms with E-state index in [1.807, 2.05) is 0 Å². The zero-order valence-electron chi connectivity index (χ0n) is 16.3. The molecule has 2 aliphatic rings. The molecule has 144 valence electrons. The topological polar surface area (TPSA) is 46.5 Å². The average Bonchev–Trinajstić information content (AvgIpc) is 2.63. The third-order valence-electron chi connectivity index (χ3n) is 6.75. The Kier molecular flexibility index (Phi) is 8.48. The molecule has 0 heterocycles. The molecule has 0 aliphatic heterocycles. The molecule has 0 saturated heterocycles. The van der Waals surface area contributed by atoms with E-state index >= 15 is 0 Å². The van der Waals surface area contributed by atoms with Gasteiger partial charge in [-0.25, -0.2) is 4.79 Å². The maximum Gasteiger partial charge on any atom is 0.333 e. The molecule has 25 heavy (non-hydrogen) atoms. The molecule has 2 saturated carbocycles. The van der Waals surface area contributed by atoms with Crippen LogP contribution in [-0.2, 0) is 9.53 Å². The first-order valence-electron chi connectivity index (χ1n) is 10.5. The zero-order chi connectivity index (χ0) is 18.2. The number of hydrogen-bond donors (Lipinski definition) is 1. The molecule has 0 aromatic heterocycles. The Morgan fingerprint density at radius 3 is 2.12 bits per heavy atom. The van der Waals surface area contributed by atoms with Crippen LogP contribution in [0.4, 0.5) is 0 Å². The van der Waals surface area contributed by atoms with E-state index in [0.29, 0.717) is 18.1 Å². The van der Waals surface area contributed by atoms with Gasteiger partial charge in [-0.3, -0.25) is 0 Å². The van der Waals surface area contributed by atoms with Crippen molar-refractivity contribution >= 4 is 5.97 Å². The molecule has 3 nitrogen and oxygen atoms in total. The van der Waals surface area contributed by atoms with Crippen LogP contribution in [0.25, 0.3) is 0 Å². The maximum atomic E-state index is 11.6. The molecule has 1 N–H and O–H groups in total. The van der Waals surface area contributed by atoms with Gasteiger partial charge < -0.3 is 9.84 Å². The Bertz CT molecular complexity index is 415. The largest absolute Gasteiger partial charge is 0.462 e. The Balaban J connectivity index is 1.73. The summed E-state index contributed by atoms with van der Waals surface area (Å²) in [6, 6.07) is 0. The van der Waals surface area contributed by atoms with E-state index in [1.165, 1.54) is 64.2 Å². The van der Waals surface area contributed by atoms with Gasteiger partial charge in [0.05, 0.1) is 6.61 Å². The fraction of sp³-hybridized carbons (Fsp3) is 0.864. The average molecular weight is 351 g/mol. The van der Waals surface area contributed by atoms with Gasteiger partial charge in [-0.1, -0.05) is 39.2 Å². The zero-order valence-corrected chi connectivity index (χ0v) is 16.3. The van der Waals surface area contributed by atoms with Crippen molar-refractivity contribution in [3.63, 3.8) is 0 Å². The number of carbonyl (C=O) groups is 1. The summed E-state index contributed by atoms with van der Waals surface area (Å²) >= 11 is 0. The number of ether oxygens (including phenoxy) is 1. The first-order valence-corrected chi connectivity index (χ1v) is 10.5. The van der Waals surface area contributed by atoms with Crippen LogP contribution in [0.5, 0.6) is 0 Å². The fourth-order valence-corrected chi connectivity index (χ4v) is 5.09. The van der Waals surface area contributed by atoms with Gasteiger partial charge in [0.25, 0.3) is 0 Å². The minimum atomic E-state index is -0.337. The standard InChI is InChI=1S/C22H38O3/c1-4-5-17-6-8-18(9-7-17)19-10-12-20(13-11-19)21(14-23)15-25-22(24)16(2)3/h17-21,23H,2,4-15H2,1,3H3. The molecule has 3 heteroatoms. The first kappa shape index (κ1) is 20.5. The van der Waals surface area contributed by atoms with E-state index in [0.717, 1.165) is 17.8 Å². The van der Waals surface area contributed by atoms with Crippen molar-refractivity contribution in [1.29, 1.82) is 0 Å². The molecular formula is C22H38O3. The summed E-state index contributed by atoms with van der Waals surface area (Å²) in [5.74, 6) is 3.05. The van der Waals surface area contributed by atoms with Crippen molar-refractivity contribution < 1.29 is 14.6 Å². The van der Waals surface area contributed by atoms with Crippen molar-refractivity contribution in [1.82, 2.24) is 0 Å². The van der Waals surface area contributed by atoms with E-state index in [-0.39, 0.29) is 18.5 Å². The lowest BCUT2D eigenvalue weighted by molar-refractivity contribution is -0.141. The van der Waals surface area contributed by atoms with Gasteiger partial charge in [-0.15, -0.1) is 0 Å². The molecule has 1 unspecified atom stereocenters. The summed E-state index contributed by atoms with van der Waals surface area (Å²) in [6.07, 6.45) is 13.4. The lowest BCUT2D eigenvalue weighted by atomic mass is 9.67. The maximum absolute atomic E-state index is 11.6. The number of rotatable bonds is 8. The third-order valence-corrected chi connectivity index (χ3v) is 6.75. The monoisotopic (exact) mass is 350 g/mol. The molecule has 0 aromatic rings. The molecule has 2 fully saturated rings. The smallest absolute Gasteiger partial charge is 0.333 e. The molecular weight excluding hydrogens is 312 g/mol. The highest BCUT2D eigenvalue weighted by Crippen LogP contribution is 2.43. The summed E-state index contributed by atoms with van der Waals surface area (Å²) < 4.78 is 5.29. The minimum Gasteiger partial charge on any atom is -0.462 e. The van der Waals surface area contributed by atoms with Crippen molar-refractivity contribution in [2.75, 3.05) is 13.2 Å². The van der Waals surface area contributed by atoms with Gasteiger partial charge in [-0.05, 0) is 69.1 Å². The molecule has 0 amide bonds. The van der Waals surface area contributed by atoms with Crippen molar-refractivity contribution in [2.45, 2.75) is 78.1 Å². The Morgan fingerprint density at radius 1 is 1.08 bits per heavy atom. The lowest BCUT2D eigenvalue weighted by Crippen LogP contribution is -2.31. The highest BCUT2D eigenvalue weighted by molar-refractivity contribution is 5.86. The summed E-state index contributed by atoms with van der Waals surface area (Å²) in [5, 5.41) is 9.71. The van der Waals surface area contributed by atoms with E-state index in [1.54, 1.807) is 6.92 Å². The summed E-state index contributed by atoms with van der Waals surface area (Å²) in [5.41, 5.74) is 0.430. The van der Waals surface area contributed by atoms with Crippen molar-refractivity contribution in [2.24, 2.45) is 29.6 Å². The molecule has 2 rings (SSSR count). The van der Waals surface area contributed by atoms with Gasteiger partial charge in [0.2, 0.25) is 0 Å². The molecule has 2 aliphatic carbocycles. The van der Waals surface area contributed by atoms with E-state index < -0.39 is 0 Å².